The van der Waals surface area contributed by atoms with Gasteiger partial charge in [-0.05, 0) is 24.1 Å². The number of aliphatic carboxylic acids is 1. The first-order valence-electron chi connectivity index (χ1n) is 5.89. The van der Waals surface area contributed by atoms with E-state index in [0.29, 0.717) is 5.56 Å². The fourth-order valence-electron chi connectivity index (χ4n) is 2.04. The first-order chi connectivity index (χ1) is 8.99. The van der Waals surface area contributed by atoms with E-state index in [0.717, 1.165) is 5.56 Å². The molecule has 1 aliphatic rings. The van der Waals surface area contributed by atoms with Gasteiger partial charge in [-0.15, -0.1) is 0 Å². The molecule has 0 bridgehead atoms. The molecule has 1 atom stereocenters. The Kier molecular flexibility index (Phi) is 3.80. The van der Waals surface area contributed by atoms with Crippen molar-refractivity contribution in [1.82, 2.24) is 4.90 Å². The van der Waals surface area contributed by atoms with Crippen LogP contribution >= 0.6 is 0 Å². The van der Waals surface area contributed by atoms with E-state index < -0.39 is 18.0 Å². The number of halogens is 1. The zero-order chi connectivity index (χ0) is 14.0. The SMILES string of the molecule is Cc1cc(C2CN(C(=O)C(=O)O)CCO2)ccc1F. The largest absolute Gasteiger partial charge is 0.474 e. The molecule has 1 heterocycles. The zero-order valence-corrected chi connectivity index (χ0v) is 10.4. The van der Waals surface area contributed by atoms with Gasteiger partial charge >= 0.3 is 11.9 Å². The fraction of sp³-hybridized carbons (Fsp3) is 0.385. The Hall–Kier alpha value is -1.95. The van der Waals surface area contributed by atoms with Gasteiger partial charge < -0.3 is 14.7 Å². The normalized spacial score (nSPS) is 19.3. The lowest BCUT2D eigenvalue weighted by molar-refractivity contribution is -0.159. The summed E-state index contributed by atoms with van der Waals surface area (Å²) in [7, 11) is 0. The Morgan fingerprint density at radius 3 is 2.84 bits per heavy atom. The van der Waals surface area contributed by atoms with Crippen LogP contribution in [-0.4, -0.2) is 41.6 Å². The van der Waals surface area contributed by atoms with Crippen molar-refractivity contribution in [2.75, 3.05) is 19.7 Å². The standard InChI is InChI=1S/C13H14FNO4/c1-8-6-9(2-3-10(8)14)11-7-15(4-5-19-11)12(16)13(17)18/h2-3,6,11H,4-5,7H2,1H3,(H,17,18). The molecular formula is C13H14FNO4. The molecule has 1 saturated heterocycles. The lowest BCUT2D eigenvalue weighted by Crippen LogP contribution is -2.45. The molecule has 1 amide bonds. The third kappa shape index (κ3) is 2.90. The van der Waals surface area contributed by atoms with E-state index >= 15 is 0 Å². The van der Waals surface area contributed by atoms with Crippen molar-refractivity contribution in [1.29, 1.82) is 0 Å². The lowest BCUT2D eigenvalue weighted by atomic mass is 10.0. The first-order valence-corrected chi connectivity index (χ1v) is 5.89. The molecule has 0 aliphatic carbocycles. The van der Waals surface area contributed by atoms with E-state index in [2.05, 4.69) is 0 Å². The van der Waals surface area contributed by atoms with Gasteiger partial charge in [0.05, 0.1) is 13.2 Å². The second kappa shape index (κ2) is 5.36. The Bertz CT molecular complexity index is 517. The molecule has 1 fully saturated rings. The zero-order valence-electron chi connectivity index (χ0n) is 10.4. The number of carbonyl (C=O) groups excluding carboxylic acids is 1. The van der Waals surface area contributed by atoms with Crippen LogP contribution in [0.5, 0.6) is 0 Å². The number of benzene rings is 1. The van der Waals surface area contributed by atoms with E-state index in [1.807, 2.05) is 0 Å². The number of carbonyl (C=O) groups is 2. The summed E-state index contributed by atoms with van der Waals surface area (Å²) in [5, 5.41) is 8.69. The minimum absolute atomic E-state index is 0.163. The monoisotopic (exact) mass is 267 g/mol. The van der Waals surface area contributed by atoms with Gasteiger partial charge in [-0.25, -0.2) is 9.18 Å². The number of hydrogen-bond donors (Lipinski definition) is 1. The third-order valence-electron chi connectivity index (χ3n) is 3.09. The lowest BCUT2D eigenvalue weighted by Gasteiger charge is -2.32. The van der Waals surface area contributed by atoms with Crippen LogP contribution in [0.15, 0.2) is 18.2 Å². The van der Waals surface area contributed by atoms with Crippen LogP contribution < -0.4 is 0 Å². The number of carboxylic acid groups (broad SMARTS) is 1. The molecule has 6 heteroatoms. The smallest absolute Gasteiger partial charge is 0.394 e. The number of hydrogen-bond acceptors (Lipinski definition) is 3. The minimum Gasteiger partial charge on any atom is -0.474 e. The molecular weight excluding hydrogens is 253 g/mol. The highest BCUT2D eigenvalue weighted by atomic mass is 19.1. The first kappa shape index (κ1) is 13.5. The van der Waals surface area contributed by atoms with Gasteiger partial charge in [0, 0.05) is 6.54 Å². The number of nitrogens with zero attached hydrogens (tertiary/aromatic N) is 1. The van der Waals surface area contributed by atoms with E-state index in [4.69, 9.17) is 9.84 Å². The van der Waals surface area contributed by atoms with Gasteiger partial charge in [-0.2, -0.15) is 0 Å². The van der Waals surface area contributed by atoms with Gasteiger partial charge in [0.25, 0.3) is 0 Å². The Morgan fingerprint density at radius 1 is 1.47 bits per heavy atom. The number of carboxylic acids is 1. The molecule has 0 aromatic heterocycles. The molecule has 1 aromatic carbocycles. The molecule has 0 saturated carbocycles. The summed E-state index contributed by atoms with van der Waals surface area (Å²) in [6.45, 7) is 2.32. The highest BCUT2D eigenvalue weighted by Gasteiger charge is 2.28. The summed E-state index contributed by atoms with van der Waals surface area (Å²) in [5.74, 6) is -2.72. The summed E-state index contributed by atoms with van der Waals surface area (Å²) in [6.07, 6.45) is -0.420. The molecule has 102 valence electrons. The summed E-state index contributed by atoms with van der Waals surface area (Å²) in [4.78, 5) is 23.3. The average molecular weight is 267 g/mol. The van der Waals surface area contributed by atoms with Crippen molar-refractivity contribution >= 4 is 11.9 Å². The highest BCUT2D eigenvalue weighted by Crippen LogP contribution is 2.24. The summed E-state index contributed by atoms with van der Waals surface area (Å²) >= 11 is 0. The third-order valence-corrected chi connectivity index (χ3v) is 3.09. The van der Waals surface area contributed by atoms with Crippen LogP contribution in [0.1, 0.15) is 17.2 Å². The van der Waals surface area contributed by atoms with Crippen molar-refractivity contribution in [2.45, 2.75) is 13.0 Å². The van der Waals surface area contributed by atoms with Crippen LogP contribution in [0.3, 0.4) is 0 Å². The maximum atomic E-state index is 13.2. The van der Waals surface area contributed by atoms with Crippen LogP contribution in [0.4, 0.5) is 4.39 Å². The van der Waals surface area contributed by atoms with Crippen LogP contribution in [0.2, 0.25) is 0 Å². The molecule has 2 rings (SSSR count). The van der Waals surface area contributed by atoms with Gasteiger partial charge in [0.1, 0.15) is 11.9 Å². The van der Waals surface area contributed by atoms with Crippen LogP contribution in [0, 0.1) is 12.7 Å². The van der Waals surface area contributed by atoms with Gasteiger partial charge in [0.15, 0.2) is 0 Å². The molecule has 1 N–H and O–H groups in total. The Morgan fingerprint density at radius 2 is 2.21 bits per heavy atom. The Labute approximate surface area is 109 Å². The van der Waals surface area contributed by atoms with Crippen molar-refractivity contribution in [3.8, 4) is 0 Å². The van der Waals surface area contributed by atoms with Gasteiger partial charge in [-0.3, -0.25) is 4.79 Å². The number of morpholine rings is 1. The molecule has 0 radical (unpaired) electrons. The van der Waals surface area contributed by atoms with Crippen molar-refractivity contribution in [3.05, 3.63) is 35.1 Å². The summed E-state index contributed by atoms with van der Waals surface area (Å²) < 4.78 is 18.7. The topological polar surface area (TPSA) is 66.8 Å². The highest BCUT2D eigenvalue weighted by molar-refractivity contribution is 6.31. The van der Waals surface area contributed by atoms with E-state index in [1.165, 1.54) is 11.0 Å². The quantitative estimate of drug-likeness (QED) is 0.774. The number of rotatable bonds is 1. The number of ether oxygens (including phenoxy) is 1. The van der Waals surface area contributed by atoms with Crippen molar-refractivity contribution < 1.29 is 23.8 Å². The second-order valence-corrected chi connectivity index (χ2v) is 4.42. The van der Waals surface area contributed by atoms with Crippen molar-refractivity contribution in [3.63, 3.8) is 0 Å². The van der Waals surface area contributed by atoms with Crippen LogP contribution in [0.25, 0.3) is 0 Å². The molecule has 1 unspecified atom stereocenters. The summed E-state index contributed by atoms with van der Waals surface area (Å²) in [5.41, 5.74) is 1.23. The molecule has 0 spiro atoms. The number of aryl methyl sites for hydroxylation is 1. The van der Waals surface area contributed by atoms with Gasteiger partial charge in [0.2, 0.25) is 0 Å². The Balaban J connectivity index is 2.14. The molecule has 1 aliphatic heterocycles. The molecule has 19 heavy (non-hydrogen) atoms. The average Bonchev–Trinajstić information content (AvgIpc) is 2.41. The van der Waals surface area contributed by atoms with E-state index in [-0.39, 0.29) is 25.5 Å². The maximum absolute atomic E-state index is 13.2. The second-order valence-electron chi connectivity index (χ2n) is 4.42. The molecule has 1 aromatic rings. The van der Waals surface area contributed by atoms with Gasteiger partial charge in [-0.1, -0.05) is 12.1 Å². The summed E-state index contributed by atoms with van der Waals surface area (Å²) in [6, 6.07) is 4.57. The van der Waals surface area contributed by atoms with E-state index in [9.17, 15) is 14.0 Å². The predicted octanol–water partition coefficient (Wildman–Crippen LogP) is 1.12. The minimum atomic E-state index is -1.48. The molecule has 5 nitrogen and oxygen atoms in total. The number of amides is 1. The predicted molar refractivity (Wildman–Crippen MR) is 64.0 cm³/mol. The fourth-order valence-corrected chi connectivity index (χ4v) is 2.04. The van der Waals surface area contributed by atoms with E-state index in [1.54, 1.807) is 19.1 Å². The maximum Gasteiger partial charge on any atom is 0.394 e. The van der Waals surface area contributed by atoms with Crippen LogP contribution in [-0.2, 0) is 14.3 Å². The van der Waals surface area contributed by atoms with Crippen molar-refractivity contribution in [2.24, 2.45) is 0 Å².